The van der Waals surface area contributed by atoms with Crippen LogP contribution in [-0.4, -0.2) is 13.9 Å². The zero-order valence-electron chi connectivity index (χ0n) is 14.8. The number of alkyl halides is 3. The summed E-state index contributed by atoms with van der Waals surface area (Å²) in [7, 11) is -5.65. The molecular formula is C19H21F3O3S. The first kappa shape index (κ1) is 20.3. The first-order valence-electron chi connectivity index (χ1n) is 8.08. The van der Waals surface area contributed by atoms with Crippen LogP contribution in [0.4, 0.5) is 13.2 Å². The van der Waals surface area contributed by atoms with Crippen LogP contribution in [-0.2, 0) is 16.5 Å². The fourth-order valence-electron chi connectivity index (χ4n) is 2.26. The lowest BCUT2D eigenvalue weighted by atomic mass is 9.88. The molecule has 26 heavy (non-hydrogen) atoms. The number of benzene rings is 2. The van der Waals surface area contributed by atoms with E-state index in [1.807, 2.05) is 24.3 Å². The van der Waals surface area contributed by atoms with Crippen LogP contribution in [0.3, 0.4) is 0 Å². The van der Waals surface area contributed by atoms with Crippen molar-refractivity contribution in [2.24, 2.45) is 5.41 Å². The van der Waals surface area contributed by atoms with Crippen LogP contribution in [0.1, 0.15) is 32.8 Å². The van der Waals surface area contributed by atoms with Gasteiger partial charge in [0.2, 0.25) is 0 Å². The third kappa shape index (κ3) is 5.49. The third-order valence-corrected chi connectivity index (χ3v) is 4.77. The fourth-order valence-corrected chi connectivity index (χ4v) is 2.72. The Hall–Kier alpha value is -2.02. The van der Waals surface area contributed by atoms with Gasteiger partial charge in [-0.05, 0) is 47.1 Å². The molecule has 0 fully saturated rings. The van der Waals surface area contributed by atoms with E-state index in [0.717, 1.165) is 24.0 Å². The zero-order valence-corrected chi connectivity index (χ0v) is 15.6. The van der Waals surface area contributed by atoms with Crippen LogP contribution in [0.5, 0.6) is 5.75 Å². The molecule has 2 aromatic carbocycles. The monoisotopic (exact) mass is 386 g/mol. The third-order valence-electron chi connectivity index (χ3n) is 3.79. The van der Waals surface area contributed by atoms with E-state index in [2.05, 4.69) is 25.0 Å². The summed E-state index contributed by atoms with van der Waals surface area (Å²) in [5.74, 6) is -0.382. The van der Waals surface area contributed by atoms with Crippen molar-refractivity contribution < 1.29 is 25.8 Å². The first-order valence-corrected chi connectivity index (χ1v) is 9.48. The summed E-state index contributed by atoms with van der Waals surface area (Å²) in [6, 6.07) is 13.3. The van der Waals surface area contributed by atoms with Gasteiger partial charge in [0.15, 0.2) is 0 Å². The van der Waals surface area contributed by atoms with Gasteiger partial charge < -0.3 is 4.18 Å². The molecule has 0 aliphatic rings. The topological polar surface area (TPSA) is 43.4 Å². The molecular weight excluding hydrogens is 365 g/mol. The molecule has 0 saturated carbocycles. The maximum absolute atomic E-state index is 12.3. The van der Waals surface area contributed by atoms with E-state index in [0.29, 0.717) is 0 Å². The molecule has 0 aliphatic heterocycles. The summed E-state index contributed by atoms with van der Waals surface area (Å²) in [5, 5.41) is 0. The Balaban J connectivity index is 2.09. The van der Waals surface area contributed by atoms with Crippen molar-refractivity contribution >= 4 is 10.1 Å². The minimum absolute atomic E-state index is 0.255. The van der Waals surface area contributed by atoms with E-state index in [9.17, 15) is 21.6 Å². The van der Waals surface area contributed by atoms with Crippen LogP contribution in [0, 0.1) is 5.41 Å². The molecule has 0 atom stereocenters. The maximum Gasteiger partial charge on any atom is 0.534 e. The van der Waals surface area contributed by atoms with E-state index >= 15 is 0 Å². The Morgan fingerprint density at radius 2 is 1.31 bits per heavy atom. The predicted molar refractivity (Wildman–Crippen MR) is 95.3 cm³/mol. The Morgan fingerprint density at radius 1 is 0.846 bits per heavy atom. The van der Waals surface area contributed by atoms with Crippen LogP contribution >= 0.6 is 0 Å². The van der Waals surface area contributed by atoms with Gasteiger partial charge in [0, 0.05) is 0 Å². The highest BCUT2D eigenvalue weighted by molar-refractivity contribution is 7.88. The van der Waals surface area contributed by atoms with Gasteiger partial charge in [0.1, 0.15) is 5.75 Å². The smallest absolute Gasteiger partial charge is 0.376 e. The fraction of sp³-hybridized carbons (Fsp3) is 0.368. The predicted octanol–water partition coefficient (Wildman–Crippen LogP) is 5.56. The molecule has 0 amide bonds. The standard InChI is InChI=1S/C19H21F3O3S/c1-18(2,3)13-12-14-4-6-15(7-5-14)16-8-10-17(11-9-16)25-26(23,24)19(20,21)22/h4-11H,12-13H2,1-3H3. The summed E-state index contributed by atoms with van der Waals surface area (Å²) >= 11 is 0. The highest BCUT2D eigenvalue weighted by Gasteiger charge is 2.48. The highest BCUT2D eigenvalue weighted by atomic mass is 32.2. The van der Waals surface area contributed by atoms with E-state index < -0.39 is 15.6 Å². The number of aryl methyl sites for hydroxylation is 1. The average molecular weight is 386 g/mol. The van der Waals surface area contributed by atoms with E-state index in [1.54, 1.807) is 0 Å². The number of rotatable bonds is 5. The summed E-state index contributed by atoms with van der Waals surface area (Å²) in [5.41, 5.74) is -2.35. The van der Waals surface area contributed by atoms with E-state index in [-0.39, 0.29) is 11.2 Å². The lowest BCUT2D eigenvalue weighted by Gasteiger charge is -2.17. The Morgan fingerprint density at radius 3 is 1.73 bits per heavy atom. The number of hydrogen-bond acceptors (Lipinski definition) is 3. The van der Waals surface area contributed by atoms with Crippen molar-refractivity contribution in [3.05, 3.63) is 54.1 Å². The van der Waals surface area contributed by atoms with Gasteiger partial charge in [-0.2, -0.15) is 21.6 Å². The SMILES string of the molecule is CC(C)(C)CCc1ccc(-c2ccc(OS(=O)(=O)C(F)(F)F)cc2)cc1. The number of halogens is 3. The lowest BCUT2D eigenvalue weighted by Crippen LogP contribution is -2.28. The molecule has 2 aromatic rings. The van der Waals surface area contributed by atoms with Crippen LogP contribution in [0.2, 0.25) is 0 Å². The zero-order chi connectivity index (χ0) is 19.6. The minimum atomic E-state index is -5.65. The molecule has 142 valence electrons. The summed E-state index contributed by atoms with van der Waals surface area (Å²) in [4.78, 5) is 0. The molecule has 0 N–H and O–H groups in total. The largest absolute Gasteiger partial charge is 0.534 e. The molecule has 0 radical (unpaired) electrons. The molecule has 0 aromatic heterocycles. The normalized spacial score (nSPS) is 12.8. The first-order chi connectivity index (χ1) is 11.9. The maximum atomic E-state index is 12.3. The molecule has 0 spiro atoms. The van der Waals surface area contributed by atoms with Crippen LogP contribution in [0.15, 0.2) is 48.5 Å². The molecule has 2 rings (SSSR count). The molecule has 0 aliphatic carbocycles. The minimum Gasteiger partial charge on any atom is -0.376 e. The highest BCUT2D eigenvalue weighted by Crippen LogP contribution is 2.29. The molecule has 0 heterocycles. The average Bonchev–Trinajstić information content (AvgIpc) is 2.52. The lowest BCUT2D eigenvalue weighted by molar-refractivity contribution is -0.0500. The quantitative estimate of drug-likeness (QED) is 0.499. The van der Waals surface area contributed by atoms with Crippen molar-refractivity contribution in [2.75, 3.05) is 0 Å². The van der Waals surface area contributed by atoms with Gasteiger partial charge in [0.25, 0.3) is 0 Å². The van der Waals surface area contributed by atoms with Crippen molar-refractivity contribution in [3.63, 3.8) is 0 Å². The van der Waals surface area contributed by atoms with Gasteiger partial charge >= 0.3 is 15.6 Å². The second-order valence-corrected chi connectivity index (χ2v) is 8.80. The molecule has 3 nitrogen and oxygen atoms in total. The van der Waals surface area contributed by atoms with Gasteiger partial charge in [0.05, 0.1) is 0 Å². The summed E-state index contributed by atoms with van der Waals surface area (Å²) < 4.78 is 63.1. The summed E-state index contributed by atoms with van der Waals surface area (Å²) in [6.45, 7) is 6.55. The van der Waals surface area contributed by atoms with E-state index in [1.165, 1.54) is 29.8 Å². The second kappa shape index (κ2) is 7.31. The van der Waals surface area contributed by atoms with Crippen LogP contribution in [0.25, 0.3) is 11.1 Å². The van der Waals surface area contributed by atoms with Crippen molar-refractivity contribution in [2.45, 2.75) is 39.1 Å². The Labute approximate surface area is 151 Å². The molecule has 0 unspecified atom stereocenters. The molecule has 0 bridgehead atoms. The van der Waals surface area contributed by atoms with Gasteiger partial charge in [-0.1, -0.05) is 57.2 Å². The van der Waals surface area contributed by atoms with Crippen molar-refractivity contribution in [1.29, 1.82) is 0 Å². The van der Waals surface area contributed by atoms with Crippen molar-refractivity contribution in [3.8, 4) is 16.9 Å². The van der Waals surface area contributed by atoms with E-state index in [4.69, 9.17) is 0 Å². The Kier molecular flexibility index (Phi) is 5.70. The summed E-state index contributed by atoms with van der Waals surface area (Å²) in [6.07, 6.45) is 2.03. The van der Waals surface area contributed by atoms with Crippen LogP contribution < -0.4 is 4.18 Å². The Bertz CT molecular complexity index is 832. The molecule has 7 heteroatoms. The van der Waals surface area contributed by atoms with Gasteiger partial charge in [-0.15, -0.1) is 0 Å². The van der Waals surface area contributed by atoms with Crippen molar-refractivity contribution in [1.82, 2.24) is 0 Å². The van der Waals surface area contributed by atoms with Gasteiger partial charge in [-0.3, -0.25) is 0 Å². The molecule has 0 saturated heterocycles. The second-order valence-electron chi connectivity index (χ2n) is 7.27. The number of hydrogen-bond donors (Lipinski definition) is 0. The van der Waals surface area contributed by atoms with Gasteiger partial charge in [-0.25, -0.2) is 0 Å².